The van der Waals surface area contributed by atoms with Gasteiger partial charge in [-0.05, 0) is 18.7 Å². The van der Waals surface area contributed by atoms with Gasteiger partial charge in [-0.25, -0.2) is 0 Å². The summed E-state index contributed by atoms with van der Waals surface area (Å²) in [6, 6.07) is 2.07. The van der Waals surface area contributed by atoms with Gasteiger partial charge in [-0.1, -0.05) is 13.1 Å². The Hall–Kier alpha value is 0.365. The third kappa shape index (κ3) is 2.66. The van der Waals surface area contributed by atoms with Crippen molar-refractivity contribution >= 4 is 12.3 Å². The summed E-state index contributed by atoms with van der Waals surface area (Å²) >= 11 is 0. The number of hydrogen-bond donors (Lipinski definition) is 0. The van der Waals surface area contributed by atoms with Gasteiger partial charge in [-0.15, -0.1) is 6.08 Å². The molecule has 0 amide bonds. The number of nitrogens with zero attached hydrogens (tertiary/aromatic N) is 2. The molecule has 0 spiro atoms. The predicted molar refractivity (Wildman–Crippen MR) is 50.2 cm³/mol. The van der Waals surface area contributed by atoms with Crippen LogP contribution in [0.1, 0.15) is 18.3 Å². The summed E-state index contributed by atoms with van der Waals surface area (Å²) in [5, 5.41) is 4.31. The number of aryl methyl sites for hydroxylation is 1. The van der Waals surface area contributed by atoms with Gasteiger partial charge in [-0.3, -0.25) is 0 Å². The van der Waals surface area contributed by atoms with Crippen molar-refractivity contribution in [1.29, 1.82) is 0 Å². The first-order valence-corrected chi connectivity index (χ1v) is 4.02. The average molecular weight is 245 g/mol. The first kappa shape index (κ1) is 11.4. The summed E-state index contributed by atoms with van der Waals surface area (Å²) < 4.78 is 1.89. The minimum absolute atomic E-state index is 0. The molecule has 0 bridgehead atoms. The smallest absolute Gasteiger partial charge is 0.305 e. The van der Waals surface area contributed by atoms with Gasteiger partial charge in [0.2, 0.25) is 0 Å². The van der Waals surface area contributed by atoms with Crippen LogP contribution in [-0.4, -0.2) is 9.78 Å². The molecule has 13 heavy (non-hydrogen) atoms. The molecule has 3 heteroatoms. The molecule has 1 aromatic heterocycles. The molecule has 2 nitrogen and oxygen atoms in total. The fourth-order valence-electron chi connectivity index (χ4n) is 1.24. The maximum atomic E-state index is 4.31. The number of hydrogen-bond acceptors (Lipinski definition) is 1. The Labute approximate surface area is 128 Å². The van der Waals surface area contributed by atoms with Crippen LogP contribution in [0, 0.1) is 12.8 Å². The summed E-state index contributed by atoms with van der Waals surface area (Å²) in [6.45, 7) is 4.08. The minimum atomic E-state index is 0. The maximum absolute atomic E-state index is 4.31. The summed E-state index contributed by atoms with van der Waals surface area (Å²) in [4.78, 5) is 0. The van der Waals surface area contributed by atoms with E-state index in [0.29, 0.717) is 0 Å². The standard InChI is InChI=1S/C10H11N2.Rb/c1-8-3-4-10-7-9(2)11-12(10)6-5-8;/h3-7H,1-2H3;/q-1;+1. The van der Waals surface area contributed by atoms with Crippen molar-refractivity contribution < 1.29 is 58.2 Å². The van der Waals surface area contributed by atoms with Crippen LogP contribution < -0.4 is 58.2 Å². The quantitative estimate of drug-likeness (QED) is 0.552. The maximum Gasteiger partial charge on any atom is 1.00 e. The van der Waals surface area contributed by atoms with Crippen molar-refractivity contribution in [2.45, 2.75) is 13.8 Å². The first-order valence-electron chi connectivity index (χ1n) is 4.02. The van der Waals surface area contributed by atoms with E-state index in [-0.39, 0.29) is 58.2 Å². The first-order chi connectivity index (χ1) is 5.75. The van der Waals surface area contributed by atoms with Crippen LogP contribution in [0.25, 0.3) is 12.3 Å². The molecule has 1 aliphatic rings. The molecule has 0 unspecified atom stereocenters. The second-order valence-electron chi connectivity index (χ2n) is 3.05. The van der Waals surface area contributed by atoms with Crippen molar-refractivity contribution in [1.82, 2.24) is 9.78 Å². The van der Waals surface area contributed by atoms with Crippen LogP contribution in [0.3, 0.4) is 0 Å². The second kappa shape index (κ2) is 4.74. The van der Waals surface area contributed by atoms with Crippen molar-refractivity contribution in [3.8, 4) is 0 Å². The topological polar surface area (TPSA) is 17.8 Å². The zero-order valence-electron chi connectivity index (χ0n) is 8.28. The van der Waals surface area contributed by atoms with Gasteiger partial charge >= 0.3 is 58.2 Å². The Morgan fingerprint density at radius 3 is 2.92 bits per heavy atom. The Morgan fingerprint density at radius 1 is 1.38 bits per heavy atom. The van der Waals surface area contributed by atoms with Crippen LogP contribution in [-0.2, 0) is 0 Å². The van der Waals surface area contributed by atoms with Gasteiger partial charge in [0.25, 0.3) is 0 Å². The van der Waals surface area contributed by atoms with E-state index in [0.717, 1.165) is 11.4 Å². The van der Waals surface area contributed by atoms with Gasteiger partial charge in [0, 0.05) is 0 Å². The molecule has 0 aliphatic carbocycles. The molecular formula is C10H11N2Rb. The Bertz CT molecular complexity index is 318. The van der Waals surface area contributed by atoms with Crippen molar-refractivity contribution in [2.24, 2.45) is 0 Å². The average Bonchev–Trinajstić information content (AvgIpc) is 2.31. The third-order valence-corrected chi connectivity index (χ3v) is 1.88. The summed E-state index contributed by atoms with van der Waals surface area (Å²) in [5.74, 6) is 1.25. The largest absolute Gasteiger partial charge is 1.00 e. The van der Waals surface area contributed by atoms with E-state index >= 15 is 0 Å². The van der Waals surface area contributed by atoms with Crippen molar-refractivity contribution in [3.05, 3.63) is 35.5 Å². The molecule has 0 saturated carbocycles. The number of fused-ring (bicyclic) bond motifs is 1. The van der Waals surface area contributed by atoms with Crippen molar-refractivity contribution in [3.63, 3.8) is 0 Å². The van der Waals surface area contributed by atoms with Gasteiger partial charge in [-0.2, -0.15) is 23.2 Å². The molecule has 0 atom stereocenters. The summed E-state index contributed by atoms with van der Waals surface area (Å²) in [5.41, 5.74) is 2.19. The van der Waals surface area contributed by atoms with E-state index in [2.05, 4.69) is 36.3 Å². The fourth-order valence-corrected chi connectivity index (χ4v) is 1.24. The van der Waals surface area contributed by atoms with E-state index in [4.69, 9.17) is 0 Å². The predicted octanol–water partition coefficient (Wildman–Crippen LogP) is -0.713. The van der Waals surface area contributed by atoms with Gasteiger partial charge < -0.3 is 4.68 Å². The van der Waals surface area contributed by atoms with Crippen LogP contribution in [0.5, 0.6) is 0 Å². The van der Waals surface area contributed by atoms with E-state index in [1.54, 1.807) is 0 Å². The van der Waals surface area contributed by atoms with E-state index < -0.39 is 0 Å². The Morgan fingerprint density at radius 2 is 2.15 bits per heavy atom. The zero-order chi connectivity index (χ0) is 8.55. The van der Waals surface area contributed by atoms with E-state index in [1.807, 2.05) is 17.8 Å². The van der Waals surface area contributed by atoms with Crippen LogP contribution in [0.2, 0.25) is 0 Å². The number of allylic oxidation sites excluding steroid dienone is 2. The molecule has 0 aromatic carbocycles. The monoisotopic (exact) mass is 244 g/mol. The van der Waals surface area contributed by atoms with Crippen LogP contribution in [0.4, 0.5) is 0 Å². The molecule has 0 saturated heterocycles. The SMILES string of the molecule is Cc1cc2n(n1)C=C[C-](C)C=C2.[Rb+]. The third-order valence-electron chi connectivity index (χ3n) is 1.88. The van der Waals surface area contributed by atoms with Crippen LogP contribution in [0.15, 0.2) is 18.2 Å². The van der Waals surface area contributed by atoms with Crippen molar-refractivity contribution in [2.75, 3.05) is 0 Å². The Kier molecular flexibility index (Phi) is 4.17. The van der Waals surface area contributed by atoms with Gasteiger partial charge in [0.15, 0.2) is 0 Å². The molecular weight excluding hydrogens is 234 g/mol. The fraction of sp³-hybridized carbons (Fsp3) is 0.200. The molecule has 2 rings (SSSR count). The molecule has 0 fully saturated rings. The number of aromatic nitrogens is 2. The van der Waals surface area contributed by atoms with E-state index in [1.165, 1.54) is 5.92 Å². The zero-order valence-corrected chi connectivity index (χ0v) is 13.2. The molecule has 0 radical (unpaired) electrons. The second-order valence-corrected chi connectivity index (χ2v) is 3.05. The minimum Gasteiger partial charge on any atom is -0.305 e. The molecule has 62 valence electrons. The molecule has 1 aliphatic heterocycles. The number of rotatable bonds is 0. The molecule has 0 N–H and O–H groups in total. The summed E-state index contributed by atoms with van der Waals surface area (Å²) in [6.07, 6.45) is 8.21. The Balaban J connectivity index is 0.000000845. The molecule has 1 aromatic rings. The van der Waals surface area contributed by atoms with Gasteiger partial charge in [0.05, 0.1) is 5.69 Å². The normalized spacial score (nSPS) is 13.5. The van der Waals surface area contributed by atoms with Crippen LogP contribution >= 0.6 is 0 Å². The summed E-state index contributed by atoms with van der Waals surface area (Å²) in [7, 11) is 0. The van der Waals surface area contributed by atoms with E-state index in [9.17, 15) is 0 Å². The van der Waals surface area contributed by atoms with Gasteiger partial charge in [0.1, 0.15) is 0 Å². The molecule has 2 heterocycles.